The molecule has 0 unspecified atom stereocenters. The monoisotopic (exact) mass is 338 g/mol. The second-order valence-electron chi connectivity index (χ2n) is 6.67. The first-order valence-electron chi connectivity index (χ1n) is 7.93. The lowest BCUT2D eigenvalue weighted by Crippen LogP contribution is -2.57. The van der Waals surface area contributed by atoms with Gasteiger partial charge in [0.2, 0.25) is 5.91 Å². The van der Waals surface area contributed by atoms with E-state index in [4.69, 9.17) is 4.74 Å². The van der Waals surface area contributed by atoms with E-state index in [0.29, 0.717) is 18.7 Å². The molecule has 24 heavy (non-hydrogen) atoms. The molecule has 2 aliphatic heterocycles. The van der Waals surface area contributed by atoms with Crippen LogP contribution in [0.2, 0.25) is 0 Å². The summed E-state index contributed by atoms with van der Waals surface area (Å²) in [7, 11) is 0. The van der Waals surface area contributed by atoms with Gasteiger partial charge in [0.1, 0.15) is 5.75 Å². The molecular weight excluding hydrogens is 318 g/mol. The Morgan fingerprint density at radius 1 is 1.29 bits per heavy atom. The number of nitrogens with one attached hydrogen (secondary N) is 1. The molecule has 1 aromatic carbocycles. The molecule has 1 spiro atoms. The Bertz CT molecular complexity index is 648. The second kappa shape index (κ2) is 6.03. The summed E-state index contributed by atoms with van der Waals surface area (Å²) in [6.07, 6.45) is -0.182. The largest absolute Gasteiger partial charge is 0.484 e. The standard InChI is InChI=1S/C17H20F2N2O3/c1-12-2-4-13(5-3-12)24-8-14(22)21-10-16(6-7-20-15(16)23)9-17(18,19)11-21/h2-5H,6-11H2,1H3,(H,20,23)/t16-/m1/s1. The molecular formula is C17H20F2N2O3. The lowest BCUT2D eigenvalue weighted by molar-refractivity contribution is -0.161. The van der Waals surface area contributed by atoms with Crippen molar-refractivity contribution in [2.45, 2.75) is 25.7 Å². The zero-order valence-electron chi connectivity index (χ0n) is 13.5. The number of ether oxygens (including phenoxy) is 1. The second-order valence-corrected chi connectivity index (χ2v) is 6.67. The molecule has 2 aliphatic rings. The predicted octanol–water partition coefficient (Wildman–Crippen LogP) is 1.75. The fourth-order valence-corrected chi connectivity index (χ4v) is 3.39. The van der Waals surface area contributed by atoms with Gasteiger partial charge in [0.15, 0.2) is 6.61 Å². The Balaban J connectivity index is 1.67. The molecule has 7 heteroatoms. The van der Waals surface area contributed by atoms with E-state index < -0.39 is 30.2 Å². The molecule has 2 saturated heterocycles. The van der Waals surface area contributed by atoms with Crippen LogP contribution in [0.3, 0.4) is 0 Å². The molecule has 2 heterocycles. The highest BCUT2D eigenvalue weighted by Gasteiger charge is 2.55. The van der Waals surface area contributed by atoms with Crippen LogP contribution < -0.4 is 10.1 Å². The number of halogens is 2. The fourth-order valence-electron chi connectivity index (χ4n) is 3.39. The topological polar surface area (TPSA) is 58.6 Å². The van der Waals surface area contributed by atoms with Gasteiger partial charge >= 0.3 is 0 Å². The van der Waals surface area contributed by atoms with Crippen molar-refractivity contribution in [1.82, 2.24) is 10.2 Å². The van der Waals surface area contributed by atoms with Gasteiger partial charge in [-0.05, 0) is 25.5 Å². The van der Waals surface area contributed by atoms with Crippen molar-refractivity contribution >= 4 is 11.8 Å². The average molecular weight is 338 g/mol. The van der Waals surface area contributed by atoms with E-state index in [2.05, 4.69) is 5.32 Å². The maximum absolute atomic E-state index is 14.1. The average Bonchev–Trinajstić information content (AvgIpc) is 2.84. The van der Waals surface area contributed by atoms with E-state index in [1.54, 1.807) is 12.1 Å². The first-order valence-corrected chi connectivity index (χ1v) is 7.93. The molecule has 0 saturated carbocycles. The SMILES string of the molecule is Cc1ccc(OCC(=O)N2CC(F)(F)C[C@]3(CCNC3=O)C2)cc1. The number of likely N-dealkylation sites (tertiary alicyclic amines) is 1. The van der Waals surface area contributed by atoms with Gasteiger partial charge in [0.25, 0.3) is 11.8 Å². The smallest absolute Gasteiger partial charge is 0.266 e. The van der Waals surface area contributed by atoms with Crippen LogP contribution >= 0.6 is 0 Å². The number of benzene rings is 1. The normalized spacial score (nSPS) is 25.6. The number of carbonyl (C=O) groups is 2. The molecule has 1 N–H and O–H groups in total. The fraction of sp³-hybridized carbons (Fsp3) is 0.529. The molecule has 130 valence electrons. The van der Waals surface area contributed by atoms with Gasteiger partial charge in [-0.3, -0.25) is 9.59 Å². The van der Waals surface area contributed by atoms with Crippen molar-refractivity contribution in [2.24, 2.45) is 5.41 Å². The number of hydrogen-bond acceptors (Lipinski definition) is 3. The van der Waals surface area contributed by atoms with Crippen molar-refractivity contribution < 1.29 is 23.1 Å². The van der Waals surface area contributed by atoms with E-state index in [1.165, 1.54) is 0 Å². The van der Waals surface area contributed by atoms with E-state index in [-0.39, 0.29) is 19.1 Å². The zero-order valence-corrected chi connectivity index (χ0v) is 13.5. The van der Waals surface area contributed by atoms with Crippen LogP contribution in [0, 0.1) is 12.3 Å². The van der Waals surface area contributed by atoms with E-state index in [1.807, 2.05) is 19.1 Å². The zero-order chi connectivity index (χ0) is 17.4. The summed E-state index contributed by atoms with van der Waals surface area (Å²) >= 11 is 0. The molecule has 0 radical (unpaired) electrons. The highest BCUT2D eigenvalue weighted by molar-refractivity contribution is 5.86. The van der Waals surface area contributed by atoms with Gasteiger partial charge in [-0.2, -0.15) is 0 Å². The Hall–Kier alpha value is -2.18. The minimum atomic E-state index is -3.07. The maximum Gasteiger partial charge on any atom is 0.266 e. The third-order valence-corrected chi connectivity index (χ3v) is 4.62. The summed E-state index contributed by atoms with van der Waals surface area (Å²) < 4.78 is 33.5. The molecule has 0 aromatic heterocycles. The maximum atomic E-state index is 14.1. The first kappa shape index (κ1) is 16.7. The molecule has 3 rings (SSSR count). The Labute approximate surface area is 139 Å². The molecule has 5 nitrogen and oxygen atoms in total. The Morgan fingerprint density at radius 2 is 2.00 bits per heavy atom. The van der Waals surface area contributed by atoms with E-state index in [9.17, 15) is 18.4 Å². The summed E-state index contributed by atoms with van der Waals surface area (Å²) in [6, 6.07) is 7.12. The van der Waals surface area contributed by atoms with Crippen LogP contribution in [0.1, 0.15) is 18.4 Å². The van der Waals surface area contributed by atoms with Crippen molar-refractivity contribution in [3.63, 3.8) is 0 Å². The summed E-state index contributed by atoms with van der Waals surface area (Å²) in [4.78, 5) is 25.4. The highest BCUT2D eigenvalue weighted by Crippen LogP contribution is 2.43. The van der Waals surface area contributed by atoms with Crippen LogP contribution in [0.15, 0.2) is 24.3 Å². The number of hydrogen-bond donors (Lipinski definition) is 1. The number of aryl methyl sites for hydroxylation is 1. The third-order valence-electron chi connectivity index (χ3n) is 4.62. The molecule has 1 aromatic rings. The molecule has 1 atom stereocenters. The third kappa shape index (κ3) is 3.34. The summed E-state index contributed by atoms with van der Waals surface area (Å²) in [5.74, 6) is -3.49. The lowest BCUT2D eigenvalue weighted by Gasteiger charge is -2.42. The first-order chi connectivity index (χ1) is 11.3. The van der Waals surface area contributed by atoms with Gasteiger partial charge < -0.3 is 15.0 Å². The number of piperidine rings is 1. The van der Waals surface area contributed by atoms with Crippen LogP contribution in [0.5, 0.6) is 5.75 Å². The predicted molar refractivity (Wildman–Crippen MR) is 82.9 cm³/mol. The summed E-state index contributed by atoms with van der Waals surface area (Å²) in [6.45, 7) is 1.33. The van der Waals surface area contributed by atoms with Gasteiger partial charge in [-0.25, -0.2) is 8.78 Å². The highest BCUT2D eigenvalue weighted by atomic mass is 19.3. The van der Waals surface area contributed by atoms with E-state index in [0.717, 1.165) is 10.5 Å². The van der Waals surface area contributed by atoms with Crippen LogP contribution in [0.25, 0.3) is 0 Å². The van der Waals surface area contributed by atoms with Gasteiger partial charge in [-0.1, -0.05) is 17.7 Å². The van der Waals surface area contributed by atoms with Crippen LogP contribution in [-0.2, 0) is 9.59 Å². The molecule has 0 aliphatic carbocycles. The summed E-state index contributed by atoms with van der Waals surface area (Å²) in [5.41, 5.74) is -0.125. The summed E-state index contributed by atoms with van der Waals surface area (Å²) in [5, 5.41) is 2.60. The minimum Gasteiger partial charge on any atom is -0.484 e. The molecule has 2 fully saturated rings. The van der Waals surface area contributed by atoms with Crippen molar-refractivity contribution in [3.05, 3.63) is 29.8 Å². The minimum absolute atomic E-state index is 0.0184. The van der Waals surface area contributed by atoms with Crippen molar-refractivity contribution in [2.75, 3.05) is 26.2 Å². The van der Waals surface area contributed by atoms with Gasteiger partial charge in [-0.15, -0.1) is 0 Å². The number of nitrogens with zero attached hydrogens (tertiary/aromatic N) is 1. The quantitative estimate of drug-likeness (QED) is 0.913. The van der Waals surface area contributed by atoms with Crippen molar-refractivity contribution in [1.29, 1.82) is 0 Å². The number of amides is 2. The van der Waals surface area contributed by atoms with Crippen LogP contribution in [-0.4, -0.2) is 48.9 Å². The van der Waals surface area contributed by atoms with Gasteiger partial charge in [0, 0.05) is 19.5 Å². The Kier molecular flexibility index (Phi) is 4.19. The molecule has 2 amide bonds. The Morgan fingerprint density at radius 3 is 2.62 bits per heavy atom. The van der Waals surface area contributed by atoms with Crippen molar-refractivity contribution in [3.8, 4) is 5.75 Å². The number of alkyl halides is 2. The lowest BCUT2D eigenvalue weighted by atomic mass is 9.77. The van der Waals surface area contributed by atoms with E-state index >= 15 is 0 Å². The molecule has 0 bridgehead atoms. The van der Waals surface area contributed by atoms with Gasteiger partial charge in [0.05, 0.1) is 12.0 Å². The number of rotatable bonds is 3. The van der Waals surface area contributed by atoms with Crippen LogP contribution in [0.4, 0.5) is 8.78 Å². The number of carbonyl (C=O) groups excluding carboxylic acids is 2.